The van der Waals surface area contributed by atoms with Gasteiger partial charge in [0.25, 0.3) is 0 Å². The Labute approximate surface area is 138 Å². The van der Waals surface area contributed by atoms with Gasteiger partial charge in [0, 0.05) is 5.92 Å². The van der Waals surface area contributed by atoms with Gasteiger partial charge in [-0.05, 0) is 81.0 Å². The predicted molar refractivity (Wildman–Crippen MR) is 85.8 cm³/mol. The van der Waals surface area contributed by atoms with E-state index < -0.39 is 0 Å². The first-order chi connectivity index (χ1) is 11.1. The number of carbonyl (C=O) groups is 2. The first-order valence-electron chi connectivity index (χ1n) is 9.75. The fourth-order valence-corrected chi connectivity index (χ4v) is 7.10. The van der Waals surface area contributed by atoms with E-state index in [2.05, 4.69) is 10.9 Å². The van der Waals surface area contributed by atoms with Crippen LogP contribution in [-0.2, 0) is 9.59 Å². The lowest BCUT2D eigenvalue weighted by Gasteiger charge is -2.55. The Hall–Kier alpha value is -1.06. The Balaban J connectivity index is 1.20. The average molecular weight is 316 g/mol. The zero-order valence-electron chi connectivity index (χ0n) is 13.9. The molecule has 0 aromatic rings. The minimum atomic E-state index is -0.168. The smallest absolute Gasteiger partial charge is 0.244 e. The third kappa shape index (κ3) is 2.24. The fourth-order valence-electron chi connectivity index (χ4n) is 7.10. The number of hydrazine groups is 1. The van der Waals surface area contributed by atoms with E-state index in [1.54, 1.807) is 0 Å². The van der Waals surface area contributed by atoms with Crippen LogP contribution in [0.25, 0.3) is 0 Å². The van der Waals surface area contributed by atoms with Crippen LogP contribution in [0.2, 0.25) is 0 Å². The number of rotatable bonds is 2. The number of nitrogens with one attached hydrogen (secondary N) is 2. The molecule has 2 N–H and O–H groups in total. The molecule has 6 rings (SSSR count). The van der Waals surface area contributed by atoms with E-state index in [9.17, 15) is 9.59 Å². The Morgan fingerprint density at radius 2 is 1.30 bits per heavy atom. The minimum absolute atomic E-state index is 0.0694. The lowest BCUT2D eigenvalue weighted by atomic mass is 9.49. The molecule has 6 saturated carbocycles. The van der Waals surface area contributed by atoms with E-state index in [1.807, 2.05) is 0 Å². The van der Waals surface area contributed by atoms with Crippen LogP contribution >= 0.6 is 0 Å². The zero-order valence-corrected chi connectivity index (χ0v) is 13.9. The zero-order chi connectivity index (χ0) is 15.6. The van der Waals surface area contributed by atoms with Crippen LogP contribution in [0.4, 0.5) is 0 Å². The van der Waals surface area contributed by atoms with Crippen molar-refractivity contribution in [1.29, 1.82) is 0 Å². The standard InChI is InChI=1S/C19H28N2O2/c22-17(16-14-3-1-2-4-15(14)16)20-21-18(23)19-8-11-5-12(9-19)7-13(6-11)10-19/h11-16H,1-10H2,(H,20,22)(H,21,23). The molecule has 4 nitrogen and oxygen atoms in total. The maximum Gasteiger partial charge on any atom is 0.244 e. The first kappa shape index (κ1) is 14.3. The van der Waals surface area contributed by atoms with Crippen molar-refractivity contribution >= 4 is 11.8 Å². The topological polar surface area (TPSA) is 58.2 Å². The SMILES string of the molecule is O=C(NNC(=O)C12CC3CC(CC(C3)C1)C2)C1C2CCCCC21. The van der Waals surface area contributed by atoms with Gasteiger partial charge in [-0.25, -0.2) is 0 Å². The Bertz CT molecular complexity index is 496. The lowest BCUT2D eigenvalue weighted by molar-refractivity contribution is -0.149. The molecular weight excluding hydrogens is 288 g/mol. The van der Waals surface area contributed by atoms with Crippen LogP contribution in [0.15, 0.2) is 0 Å². The van der Waals surface area contributed by atoms with E-state index in [0.29, 0.717) is 11.8 Å². The normalized spacial score (nSPS) is 49.4. The van der Waals surface area contributed by atoms with Crippen molar-refractivity contribution in [1.82, 2.24) is 10.9 Å². The maximum absolute atomic E-state index is 12.8. The molecule has 0 radical (unpaired) electrons. The molecule has 0 aromatic carbocycles. The summed E-state index contributed by atoms with van der Waals surface area (Å²) in [4.78, 5) is 25.2. The average Bonchev–Trinajstić information content (AvgIpc) is 3.25. The third-order valence-electron chi connectivity index (χ3n) is 7.78. The highest BCUT2D eigenvalue weighted by molar-refractivity contribution is 5.88. The summed E-state index contributed by atoms with van der Waals surface area (Å²) in [5.74, 6) is 3.82. The summed E-state index contributed by atoms with van der Waals surface area (Å²) in [6.45, 7) is 0. The number of hydrogen-bond donors (Lipinski definition) is 2. The van der Waals surface area contributed by atoms with Gasteiger partial charge in [0.15, 0.2) is 0 Å². The molecule has 126 valence electrons. The lowest BCUT2D eigenvalue weighted by Crippen LogP contribution is -2.57. The van der Waals surface area contributed by atoms with Gasteiger partial charge in [0.1, 0.15) is 0 Å². The van der Waals surface area contributed by atoms with Gasteiger partial charge < -0.3 is 0 Å². The first-order valence-corrected chi connectivity index (χ1v) is 9.75. The van der Waals surface area contributed by atoms with E-state index in [0.717, 1.165) is 37.0 Å². The molecule has 4 bridgehead atoms. The summed E-state index contributed by atoms with van der Waals surface area (Å²) in [5, 5.41) is 0. The van der Waals surface area contributed by atoms with Gasteiger partial charge in [-0.15, -0.1) is 0 Å². The van der Waals surface area contributed by atoms with Gasteiger partial charge in [-0.3, -0.25) is 20.4 Å². The van der Waals surface area contributed by atoms with Crippen molar-refractivity contribution in [3.05, 3.63) is 0 Å². The molecule has 0 saturated heterocycles. The van der Waals surface area contributed by atoms with E-state index >= 15 is 0 Å². The summed E-state index contributed by atoms with van der Waals surface area (Å²) >= 11 is 0. The molecule has 0 spiro atoms. The Morgan fingerprint density at radius 3 is 1.83 bits per heavy atom. The second kappa shape index (κ2) is 4.97. The highest BCUT2D eigenvalue weighted by Crippen LogP contribution is 2.60. The van der Waals surface area contributed by atoms with Crippen LogP contribution in [-0.4, -0.2) is 11.8 Å². The molecule has 6 aliphatic rings. The second-order valence-corrected chi connectivity index (χ2v) is 9.28. The molecule has 6 fully saturated rings. The van der Waals surface area contributed by atoms with Crippen LogP contribution in [0.1, 0.15) is 64.2 Å². The summed E-state index contributed by atoms with van der Waals surface area (Å²) in [7, 11) is 0. The van der Waals surface area contributed by atoms with Gasteiger partial charge in [-0.1, -0.05) is 12.8 Å². The molecule has 23 heavy (non-hydrogen) atoms. The van der Waals surface area contributed by atoms with Crippen LogP contribution < -0.4 is 10.9 Å². The summed E-state index contributed by atoms with van der Waals surface area (Å²) < 4.78 is 0. The van der Waals surface area contributed by atoms with Gasteiger partial charge in [-0.2, -0.15) is 0 Å². The third-order valence-corrected chi connectivity index (χ3v) is 7.78. The predicted octanol–water partition coefficient (Wildman–Crippen LogP) is 2.79. The van der Waals surface area contributed by atoms with E-state index in [4.69, 9.17) is 0 Å². The molecule has 4 heteroatoms. The van der Waals surface area contributed by atoms with E-state index in [1.165, 1.54) is 44.9 Å². The monoisotopic (exact) mass is 316 g/mol. The number of fused-ring (bicyclic) bond motifs is 1. The largest absolute Gasteiger partial charge is 0.273 e. The molecule has 0 aromatic heterocycles. The van der Waals surface area contributed by atoms with Crippen LogP contribution in [0.5, 0.6) is 0 Å². The van der Waals surface area contributed by atoms with Crippen molar-refractivity contribution in [2.75, 3.05) is 0 Å². The van der Waals surface area contributed by atoms with E-state index in [-0.39, 0.29) is 23.1 Å². The molecule has 0 heterocycles. The highest BCUT2D eigenvalue weighted by Gasteiger charge is 2.56. The Morgan fingerprint density at radius 1 is 0.783 bits per heavy atom. The highest BCUT2D eigenvalue weighted by atomic mass is 16.2. The van der Waals surface area contributed by atoms with Crippen LogP contribution in [0, 0.1) is 40.9 Å². The summed E-state index contributed by atoms with van der Waals surface area (Å²) in [6.07, 6.45) is 12.1. The maximum atomic E-state index is 12.8. The van der Waals surface area contributed by atoms with Crippen molar-refractivity contribution in [3.8, 4) is 0 Å². The molecular formula is C19H28N2O2. The second-order valence-electron chi connectivity index (χ2n) is 9.28. The molecule has 2 atom stereocenters. The minimum Gasteiger partial charge on any atom is -0.273 e. The van der Waals surface area contributed by atoms with Gasteiger partial charge in [0.2, 0.25) is 11.8 Å². The molecule has 6 aliphatic carbocycles. The van der Waals surface area contributed by atoms with Crippen molar-refractivity contribution < 1.29 is 9.59 Å². The molecule has 2 amide bonds. The summed E-state index contributed by atoms with van der Waals surface area (Å²) in [6, 6.07) is 0. The number of hydrogen-bond acceptors (Lipinski definition) is 2. The number of amides is 2. The molecule has 0 aliphatic heterocycles. The van der Waals surface area contributed by atoms with Gasteiger partial charge in [0.05, 0.1) is 5.41 Å². The van der Waals surface area contributed by atoms with Crippen molar-refractivity contribution in [2.45, 2.75) is 64.2 Å². The molecule has 2 unspecified atom stereocenters. The van der Waals surface area contributed by atoms with Gasteiger partial charge >= 0.3 is 0 Å². The number of carbonyl (C=O) groups excluding carboxylic acids is 2. The Kier molecular flexibility index (Phi) is 3.09. The van der Waals surface area contributed by atoms with Crippen LogP contribution in [0.3, 0.4) is 0 Å². The summed E-state index contributed by atoms with van der Waals surface area (Å²) in [5.41, 5.74) is 5.45. The quantitative estimate of drug-likeness (QED) is 0.770. The fraction of sp³-hybridized carbons (Fsp3) is 0.895. The van der Waals surface area contributed by atoms with Crippen molar-refractivity contribution in [3.63, 3.8) is 0 Å². The van der Waals surface area contributed by atoms with Crippen molar-refractivity contribution in [2.24, 2.45) is 40.9 Å².